The first-order valence-corrected chi connectivity index (χ1v) is 12.2. The van der Waals surface area contributed by atoms with Crippen molar-refractivity contribution in [2.24, 2.45) is 0 Å². The summed E-state index contributed by atoms with van der Waals surface area (Å²) < 4.78 is 122. The summed E-state index contributed by atoms with van der Waals surface area (Å²) >= 11 is 0. The standard InChI is InChI=1S/C30H22F8O/c1-3-5-17-25(13-23(35)27(29(17)37)15-7-9-19(31)21(33)11-15)39-26-14-24(36)28(30(38)18(26)6-4-2)16-8-10-20(32)22(34)12-16/h7-14H,3-6H2,1-2H3. The van der Waals surface area contributed by atoms with Crippen molar-refractivity contribution in [3.8, 4) is 33.8 Å². The fourth-order valence-corrected chi connectivity index (χ4v) is 4.38. The van der Waals surface area contributed by atoms with Crippen LogP contribution < -0.4 is 4.74 Å². The van der Waals surface area contributed by atoms with Crippen molar-refractivity contribution >= 4 is 0 Å². The van der Waals surface area contributed by atoms with Crippen LogP contribution in [0, 0.1) is 46.5 Å². The molecule has 0 heterocycles. The highest BCUT2D eigenvalue weighted by molar-refractivity contribution is 5.70. The first-order valence-electron chi connectivity index (χ1n) is 12.2. The van der Waals surface area contributed by atoms with Crippen LogP contribution in [-0.2, 0) is 12.8 Å². The van der Waals surface area contributed by atoms with E-state index >= 15 is 17.6 Å². The molecule has 0 N–H and O–H groups in total. The Morgan fingerprint density at radius 3 is 1.21 bits per heavy atom. The maximum atomic E-state index is 15.6. The molecule has 4 aromatic carbocycles. The van der Waals surface area contributed by atoms with Gasteiger partial charge in [-0.2, -0.15) is 0 Å². The zero-order valence-corrected chi connectivity index (χ0v) is 20.9. The van der Waals surface area contributed by atoms with Crippen LogP contribution in [0.2, 0.25) is 0 Å². The minimum absolute atomic E-state index is 0.0269. The number of hydrogen-bond acceptors (Lipinski definition) is 1. The Morgan fingerprint density at radius 2 is 0.872 bits per heavy atom. The first-order chi connectivity index (χ1) is 18.6. The van der Waals surface area contributed by atoms with Crippen LogP contribution in [0.5, 0.6) is 11.5 Å². The Kier molecular flexibility index (Phi) is 8.28. The van der Waals surface area contributed by atoms with Crippen molar-refractivity contribution in [3.05, 3.63) is 106 Å². The van der Waals surface area contributed by atoms with E-state index in [1.807, 2.05) is 0 Å². The van der Waals surface area contributed by atoms with Gasteiger partial charge >= 0.3 is 0 Å². The smallest absolute Gasteiger partial charge is 0.159 e. The van der Waals surface area contributed by atoms with Crippen molar-refractivity contribution in [2.75, 3.05) is 0 Å². The van der Waals surface area contributed by atoms with E-state index in [2.05, 4.69) is 0 Å². The van der Waals surface area contributed by atoms with Gasteiger partial charge < -0.3 is 4.74 Å². The topological polar surface area (TPSA) is 9.23 Å². The van der Waals surface area contributed by atoms with Gasteiger partial charge in [0, 0.05) is 23.3 Å². The number of hydrogen-bond donors (Lipinski definition) is 0. The SMILES string of the molecule is CCCc1c(Oc2cc(F)c(-c3ccc(F)c(F)c3)c(F)c2CCC)cc(F)c(-c2ccc(F)c(F)c2)c1F. The summed E-state index contributed by atoms with van der Waals surface area (Å²) in [4.78, 5) is 0. The van der Waals surface area contributed by atoms with Gasteiger partial charge in [0.2, 0.25) is 0 Å². The summed E-state index contributed by atoms with van der Waals surface area (Å²) in [6, 6.07) is 6.49. The van der Waals surface area contributed by atoms with Gasteiger partial charge in [0.1, 0.15) is 34.8 Å². The highest BCUT2D eigenvalue weighted by Crippen LogP contribution is 2.41. The highest BCUT2D eigenvalue weighted by Gasteiger charge is 2.25. The highest BCUT2D eigenvalue weighted by atomic mass is 19.2. The number of halogens is 8. The lowest BCUT2D eigenvalue weighted by atomic mass is 9.97. The maximum Gasteiger partial charge on any atom is 0.159 e. The zero-order chi connectivity index (χ0) is 28.4. The molecular formula is C30H22F8O. The van der Waals surface area contributed by atoms with Crippen LogP contribution in [0.1, 0.15) is 37.8 Å². The predicted octanol–water partition coefficient (Wildman–Crippen LogP) is 9.83. The van der Waals surface area contributed by atoms with Crippen LogP contribution in [0.25, 0.3) is 22.3 Å². The molecule has 4 rings (SSSR count). The molecule has 0 unspecified atom stereocenters. The van der Waals surface area contributed by atoms with Crippen LogP contribution >= 0.6 is 0 Å². The number of benzene rings is 4. The molecule has 0 aromatic heterocycles. The third-order valence-electron chi connectivity index (χ3n) is 6.19. The fraction of sp³-hybridized carbons (Fsp3) is 0.200. The van der Waals surface area contributed by atoms with Crippen LogP contribution in [0.4, 0.5) is 35.1 Å². The molecule has 4 aromatic rings. The molecule has 0 aliphatic rings. The van der Waals surface area contributed by atoms with E-state index in [4.69, 9.17) is 4.74 Å². The van der Waals surface area contributed by atoms with E-state index in [1.54, 1.807) is 13.8 Å². The molecule has 0 amide bonds. The lowest BCUT2D eigenvalue weighted by Gasteiger charge is -2.19. The van der Waals surface area contributed by atoms with Crippen molar-refractivity contribution < 1.29 is 39.9 Å². The third-order valence-corrected chi connectivity index (χ3v) is 6.19. The van der Waals surface area contributed by atoms with Gasteiger partial charge in [-0.05, 0) is 48.2 Å². The summed E-state index contributed by atoms with van der Waals surface area (Å²) in [5, 5.41) is 0. The molecule has 204 valence electrons. The van der Waals surface area contributed by atoms with E-state index in [0.29, 0.717) is 25.0 Å². The predicted molar refractivity (Wildman–Crippen MR) is 131 cm³/mol. The number of rotatable bonds is 8. The Morgan fingerprint density at radius 1 is 0.487 bits per heavy atom. The molecule has 0 radical (unpaired) electrons. The lowest BCUT2D eigenvalue weighted by molar-refractivity contribution is 0.441. The van der Waals surface area contributed by atoms with E-state index in [-0.39, 0.29) is 46.6 Å². The Labute approximate surface area is 219 Å². The Hall–Kier alpha value is -3.88. The third kappa shape index (κ3) is 5.48. The largest absolute Gasteiger partial charge is 0.456 e. The van der Waals surface area contributed by atoms with Crippen molar-refractivity contribution in [1.29, 1.82) is 0 Å². The molecule has 39 heavy (non-hydrogen) atoms. The molecule has 0 bridgehead atoms. The molecule has 0 atom stereocenters. The first kappa shape index (κ1) is 28.1. The van der Waals surface area contributed by atoms with E-state index in [9.17, 15) is 17.6 Å². The van der Waals surface area contributed by atoms with Gasteiger partial charge in [-0.1, -0.05) is 38.8 Å². The zero-order valence-electron chi connectivity index (χ0n) is 20.9. The van der Waals surface area contributed by atoms with E-state index in [1.165, 1.54) is 0 Å². The normalized spacial score (nSPS) is 11.2. The maximum absolute atomic E-state index is 15.6. The second kappa shape index (κ2) is 11.5. The molecule has 0 saturated carbocycles. The second-order valence-electron chi connectivity index (χ2n) is 8.91. The van der Waals surface area contributed by atoms with E-state index in [0.717, 1.165) is 36.4 Å². The summed E-state index contributed by atoms with van der Waals surface area (Å²) in [5.41, 5.74) is -1.97. The summed E-state index contributed by atoms with van der Waals surface area (Å²) in [6.45, 7) is 3.42. The quantitative estimate of drug-likeness (QED) is 0.199. The van der Waals surface area contributed by atoms with Gasteiger partial charge in [0.15, 0.2) is 23.3 Å². The Bertz CT molecular complexity index is 1430. The number of ether oxygens (including phenoxy) is 1. The molecule has 9 heteroatoms. The monoisotopic (exact) mass is 550 g/mol. The summed E-state index contributed by atoms with van der Waals surface area (Å²) in [7, 11) is 0. The summed E-state index contributed by atoms with van der Waals surface area (Å²) in [5.74, 6) is -10.2. The molecular weight excluding hydrogens is 528 g/mol. The van der Waals surface area contributed by atoms with E-state index < -0.39 is 57.7 Å². The lowest BCUT2D eigenvalue weighted by Crippen LogP contribution is -2.05. The Balaban J connectivity index is 1.86. The van der Waals surface area contributed by atoms with Gasteiger partial charge in [0.25, 0.3) is 0 Å². The van der Waals surface area contributed by atoms with Crippen LogP contribution in [0.15, 0.2) is 48.5 Å². The van der Waals surface area contributed by atoms with Gasteiger partial charge in [-0.15, -0.1) is 0 Å². The van der Waals surface area contributed by atoms with Crippen molar-refractivity contribution in [2.45, 2.75) is 39.5 Å². The van der Waals surface area contributed by atoms with Crippen molar-refractivity contribution in [1.82, 2.24) is 0 Å². The van der Waals surface area contributed by atoms with Crippen LogP contribution in [-0.4, -0.2) is 0 Å². The van der Waals surface area contributed by atoms with Gasteiger partial charge in [-0.25, -0.2) is 35.1 Å². The molecule has 0 spiro atoms. The molecule has 0 saturated heterocycles. The van der Waals surface area contributed by atoms with Crippen molar-refractivity contribution in [3.63, 3.8) is 0 Å². The summed E-state index contributed by atoms with van der Waals surface area (Å²) in [6.07, 6.45) is 0.795. The van der Waals surface area contributed by atoms with Gasteiger partial charge in [-0.3, -0.25) is 0 Å². The molecule has 0 fully saturated rings. The minimum atomic E-state index is -1.29. The molecule has 0 aliphatic carbocycles. The van der Waals surface area contributed by atoms with Gasteiger partial charge in [0.05, 0.1) is 11.1 Å². The average molecular weight is 550 g/mol. The molecule has 0 aliphatic heterocycles. The molecule has 1 nitrogen and oxygen atoms in total. The minimum Gasteiger partial charge on any atom is -0.456 e. The second-order valence-corrected chi connectivity index (χ2v) is 8.91. The average Bonchev–Trinajstić information content (AvgIpc) is 2.88. The fourth-order valence-electron chi connectivity index (χ4n) is 4.38. The van der Waals surface area contributed by atoms with Crippen LogP contribution in [0.3, 0.4) is 0 Å².